The van der Waals surface area contributed by atoms with E-state index in [0.717, 1.165) is 31.6 Å². The van der Waals surface area contributed by atoms with Crippen molar-refractivity contribution in [2.45, 2.75) is 44.8 Å². The quantitative estimate of drug-likeness (QED) is 0.912. The number of carbonyl (C=O) groups excluding carboxylic acids is 1. The predicted octanol–water partition coefficient (Wildman–Crippen LogP) is 2.49. The van der Waals surface area contributed by atoms with Crippen molar-refractivity contribution in [2.75, 3.05) is 6.54 Å². The average Bonchev–Trinajstić information content (AvgIpc) is 3.01. The van der Waals surface area contributed by atoms with Crippen LogP contribution < -0.4 is 5.32 Å². The highest BCUT2D eigenvalue weighted by molar-refractivity contribution is 5.92. The molecule has 1 N–H and O–H groups in total. The van der Waals surface area contributed by atoms with Gasteiger partial charge in [0.25, 0.3) is 0 Å². The summed E-state index contributed by atoms with van der Waals surface area (Å²) in [6.07, 6.45) is 4.50. The van der Waals surface area contributed by atoms with Crippen LogP contribution >= 0.6 is 0 Å². The van der Waals surface area contributed by atoms with Crippen molar-refractivity contribution in [3.8, 4) is 0 Å². The largest absolute Gasteiger partial charge is 0.384 e. The molecular formula is C17H22N2O. The predicted molar refractivity (Wildman–Crippen MR) is 80.2 cm³/mol. The molecule has 2 unspecified atom stereocenters. The van der Waals surface area contributed by atoms with Crippen molar-refractivity contribution in [2.24, 2.45) is 0 Å². The number of rotatable bonds is 4. The van der Waals surface area contributed by atoms with Gasteiger partial charge in [-0.05, 0) is 25.3 Å². The van der Waals surface area contributed by atoms with Crippen LogP contribution in [0.4, 0.5) is 0 Å². The summed E-state index contributed by atoms with van der Waals surface area (Å²) in [5, 5.41) is 3.57. The van der Waals surface area contributed by atoms with E-state index in [-0.39, 0.29) is 5.78 Å². The lowest BCUT2D eigenvalue weighted by Crippen LogP contribution is -2.39. The Morgan fingerprint density at radius 2 is 2.05 bits per heavy atom. The Bertz CT molecular complexity index is 509. The van der Waals surface area contributed by atoms with E-state index in [1.807, 2.05) is 0 Å². The Kier molecular flexibility index (Phi) is 3.88. The normalized spacial score (nSPS) is 26.9. The fraction of sp³-hybridized carbons (Fsp3) is 0.471. The van der Waals surface area contributed by atoms with Crippen LogP contribution in [0.5, 0.6) is 0 Å². The lowest BCUT2D eigenvalue weighted by Gasteiger charge is -2.26. The Labute approximate surface area is 120 Å². The first kappa shape index (κ1) is 13.4. The molecule has 2 aliphatic rings. The molecular weight excluding hydrogens is 248 g/mol. The first-order chi connectivity index (χ1) is 9.72. The maximum absolute atomic E-state index is 11.3. The molecule has 1 aliphatic carbocycles. The molecule has 0 aromatic heterocycles. The van der Waals surface area contributed by atoms with Gasteiger partial charge in [0.05, 0.1) is 0 Å². The van der Waals surface area contributed by atoms with Gasteiger partial charge < -0.3 is 5.32 Å². The Morgan fingerprint density at radius 1 is 1.25 bits per heavy atom. The van der Waals surface area contributed by atoms with Gasteiger partial charge in [-0.15, -0.1) is 0 Å². The molecule has 0 bridgehead atoms. The van der Waals surface area contributed by atoms with E-state index in [4.69, 9.17) is 0 Å². The molecule has 3 nitrogen and oxygen atoms in total. The van der Waals surface area contributed by atoms with Gasteiger partial charge in [-0.25, -0.2) is 0 Å². The number of carbonyl (C=O) groups is 1. The Hall–Kier alpha value is -1.61. The van der Waals surface area contributed by atoms with E-state index in [2.05, 4.69) is 47.5 Å². The minimum Gasteiger partial charge on any atom is -0.384 e. The SMILES string of the molecule is CC1C(NC2=CC(=O)CC2)CCN1Cc1ccccc1. The van der Waals surface area contributed by atoms with Crippen LogP contribution in [0, 0.1) is 0 Å². The lowest BCUT2D eigenvalue weighted by molar-refractivity contribution is -0.114. The fourth-order valence-corrected chi connectivity index (χ4v) is 3.19. The van der Waals surface area contributed by atoms with Crippen LogP contribution in [-0.2, 0) is 11.3 Å². The molecule has 2 atom stereocenters. The van der Waals surface area contributed by atoms with E-state index in [1.165, 1.54) is 5.56 Å². The van der Waals surface area contributed by atoms with Crippen LogP contribution in [0.3, 0.4) is 0 Å². The summed E-state index contributed by atoms with van der Waals surface area (Å²) in [4.78, 5) is 13.8. The zero-order chi connectivity index (χ0) is 13.9. The second-order valence-corrected chi connectivity index (χ2v) is 5.87. The molecule has 0 radical (unpaired) electrons. The third-order valence-electron chi connectivity index (χ3n) is 4.46. The number of ketones is 1. The summed E-state index contributed by atoms with van der Waals surface area (Å²) in [6, 6.07) is 11.6. The molecule has 3 heteroatoms. The third-order valence-corrected chi connectivity index (χ3v) is 4.46. The maximum Gasteiger partial charge on any atom is 0.157 e. The smallest absolute Gasteiger partial charge is 0.157 e. The zero-order valence-corrected chi connectivity index (χ0v) is 12.0. The van der Waals surface area contributed by atoms with Gasteiger partial charge in [-0.3, -0.25) is 9.69 Å². The molecule has 1 aromatic carbocycles. The van der Waals surface area contributed by atoms with E-state index in [9.17, 15) is 4.79 Å². The van der Waals surface area contributed by atoms with Gasteiger partial charge in [0.2, 0.25) is 0 Å². The molecule has 1 fully saturated rings. The summed E-state index contributed by atoms with van der Waals surface area (Å²) in [5.74, 6) is 0.263. The molecule has 1 aliphatic heterocycles. The third kappa shape index (κ3) is 2.93. The number of nitrogens with zero attached hydrogens (tertiary/aromatic N) is 1. The number of hydrogen-bond donors (Lipinski definition) is 1. The summed E-state index contributed by atoms with van der Waals surface area (Å²) in [5.41, 5.74) is 2.50. The number of allylic oxidation sites excluding steroid dienone is 2. The minimum atomic E-state index is 0.263. The van der Waals surface area contributed by atoms with Crippen molar-refractivity contribution in [1.82, 2.24) is 10.2 Å². The van der Waals surface area contributed by atoms with Crippen LogP contribution in [0.15, 0.2) is 42.1 Å². The zero-order valence-electron chi connectivity index (χ0n) is 12.0. The van der Waals surface area contributed by atoms with Gasteiger partial charge in [0, 0.05) is 43.4 Å². The molecule has 1 saturated heterocycles. The summed E-state index contributed by atoms with van der Waals surface area (Å²) < 4.78 is 0. The second kappa shape index (κ2) is 5.80. The van der Waals surface area contributed by atoms with Crippen LogP contribution in [-0.4, -0.2) is 29.3 Å². The monoisotopic (exact) mass is 270 g/mol. The second-order valence-electron chi connectivity index (χ2n) is 5.87. The average molecular weight is 270 g/mol. The highest BCUT2D eigenvalue weighted by Gasteiger charge is 2.31. The number of likely N-dealkylation sites (tertiary alicyclic amines) is 1. The first-order valence-corrected chi connectivity index (χ1v) is 7.50. The molecule has 20 heavy (non-hydrogen) atoms. The van der Waals surface area contributed by atoms with Gasteiger partial charge in [0.15, 0.2) is 5.78 Å². The molecule has 106 valence electrons. The van der Waals surface area contributed by atoms with Crippen molar-refractivity contribution < 1.29 is 4.79 Å². The Balaban J connectivity index is 1.58. The molecule has 3 rings (SSSR count). The molecule has 1 heterocycles. The Morgan fingerprint density at radius 3 is 2.75 bits per heavy atom. The molecule has 1 aromatic rings. The standard InChI is InChI=1S/C17H22N2O/c1-13-17(18-15-7-8-16(20)11-15)9-10-19(13)12-14-5-3-2-4-6-14/h2-6,11,13,17-18H,7-10,12H2,1H3. The van der Waals surface area contributed by atoms with E-state index < -0.39 is 0 Å². The molecule has 0 saturated carbocycles. The topological polar surface area (TPSA) is 32.3 Å². The van der Waals surface area contributed by atoms with Crippen molar-refractivity contribution in [3.63, 3.8) is 0 Å². The first-order valence-electron chi connectivity index (χ1n) is 7.50. The van der Waals surface area contributed by atoms with Gasteiger partial charge in [-0.1, -0.05) is 30.3 Å². The number of benzene rings is 1. The van der Waals surface area contributed by atoms with E-state index >= 15 is 0 Å². The molecule has 0 amide bonds. The summed E-state index contributed by atoms with van der Waals surface area (Å²) in [6.45, 7) is 4.41. The van der Waals surface area contributed by atoms with Crippen molar-refractivity contribution in [3.05, 3.63) is 47.7 Å². The highest BCUT2D eigenvalue weighted by atomic mass is 16.1. The fourth-order valence-electron chi connectivity index (χ4n) is 3.19. The van der Waals surface area contributed by atoms with Gasteiger partial charge >= 0.3 is 0 Å². The number of hydrogen-bond acceptors (Lipinski definition) is 3. The number of nitrogens with one attached hydrogen (secondary N) is 1. The van der Waals surface area contributed by atoms with Gasteiger partial charge in [0.1, 0.15) is 0 Å². The lowest BCUT2D eigenvalue weighted by atomic mass is 10.1. The van der Waals surface area contributed by atoms with Crippen LogP contribution in [0.1, 0.15) is 31.7 Å². The van der Waals surface area contributed by atoms with Crippen LogP contribution in [0.2, 0.25) is 0 Å². The van der Waals surface area contributed by atoms with Gasteiger partial charge in [-0.2, -0.15) is 0 Å². The summed E-state index contributed by atoms with van der Waals surface area (Å²) in [7, 11) is 0. The summed E-state index contributed by atoms with van der Waals surface area (Å²) >= 11 is 0. The minimum absolute atomic E-state index is 0.263. The highest BCUT2D eigenvalue weighted by Crippen LogP contribution is 2.23. The van der Waals surface area contributed by atoms with E-state index in [1.54, 1.807) is 6.08 Å². The van der Waals surface area contributed by atoms with E-state index in [0.29, 0.717) is 18.5 Å². The van der Waals surface area contributed by atoms with Crippen molar-refractivity contribution in [1.29, 1.82) is 0 Å². The van der Waals surface area contributed by atoms with Crippen molar-refractivity contribution >= 4 is 5.78 Å². The van der Waals surface area contributed by atoms with Crippen LogP contribution in [0.25, 0.3) is 0 Å². The molecule has 0 spiro atoms. The maximum atomic E-state index is 11.3.